The second-order valence-corrected chi connectivity index (χ2v) is 7.17. The van der Waals surface area contributed by atoms with Crippen molar-refractivity contribution in [1.82, 2.24) is 0 Å². The highest BCUT2D eigenvalue weighted by molar-refractivity contribution is 7.85. The van der Waals surface area contributed by atoms with Crippen LogP contribution in [-0.4, -0.2) is 20.8 Å². The zero-order valence-corrected chi connectivity index (χ0v) is 12.3. The SMILES string of the molecule is Cc1cc(C(=NS(=O)C(C)(C)C)C(F)(F)F)ccc1F. The minimum Gasteiger partial charge on any atom is -0.234 e. The van der Waals surface area contributed by atoms with E-state index in [0.717, 1.165) is 18.2 Å². The molecule has 0 fully saturated rings. The number of nitrogens with zero attached hydrogens (tertiary/aromatic N) is 1. The first-order valence-electron chi connectivity index (χ1n) is 5.77. The minimum atomic E-state index is -4.76. The molecular weight excluding hydrogens is 294 g/mol. The van der Waals surface area contributed by atoms with Gasteiger partial charge in [0.15, 0.2) is 5.71 Å². The van der Waals surface area contributed by atoms with Crippen molar-refractivity contribution in [2.75, 3.05) is 0 Å². The van der Waals surface area contributed by atoms with Crippen LogP contribution >= 0.6 is 0 Å². The number of aryl methyl sites for hydroxylation is 1. The molecule has 0 bridgehead atoms. The molecule has 1 rings (SSSR count). The molecule has 0 aliphatic carbocycles. The monoisotopic (exact) mass is 309 g/mol. The number of alkyl halides is 3. The van der Waals surface area contributed by atoms with Crippen molar-refractivity contribution in [1.29, 1.82) is 0 Å². The quantitative estimate of drug-likeness (QED) is 0.601. The van der Waals surface area contributed by atoms with Crippen LogP contribution in [0.4, 0.5) is 17.6 Å². The van der Waals surface area contributed by atoms with Crippen LogP contribution in [0.2, 0.25) is 0 Å². The van der Waals surface area contributed by atoms with Gasteiger partial charge in [-0.2, -0.15) is 17.6 Å². The maximum absolute atomic E-state index is 13.1. The van der Waals surface area contributed by atoms with Crippen LogP contribution in [0.1, 0.15) is 31.9 Å². The molecule has 1 aromatic carbocycles. The van der Waals surface area contributed by atoms with E-state index in [-0.39, 0.29) is 11.1 Å². The van der Waals surface area contributed by atoms with E-state index >= 15 is 0 Å². The molecule has 0 saturated heterocycles. The van der Waals surface area contributed by atoms with E-state index in [9.17, 15) is 21.8 Å². The summed E-state index contributed by atoms with van der Waals surface area (Å²) in [4.78, 5) is 0. The van der Waals surface area contributed by atoms with Gasteiger partial charge in [0.05, 0.1) is 4.75 Å². The van der Waals surface area contributed by atoms with E-state index in [2.05, 4.69) is 4.40 Å². The standard InChI is InChI=1S/C13H15F4NOS/c1-8-7-9(5-6-10(8)14)11(13(15,16)17)18-20(19)12(2,3)4/h5-7H,1-4H3. The largest absolute Gasteiger partial charge is 0.434 e. The highest BCUT2D eigenvalue weighted by atomic mass is 32.2. The molecule has 1 atom stereocenters. The Kier molecular flexibility index (Phi) is 4.74. The fourth-order valence-corrected chi connectivity index (χ4v) is 1.93. The van der Waals surface area contributed by atoms with E-state index in [0.29, 0.717) is 0 Å². The molecule has 0 saturated carbocycles. The van der Waals surface area contributed by atoms with Crippen molar-refractivity contribution >= 4 is 16.7 Å². The third kappa shape index (κ3) is 4.13. The molecule has 0 spiro atoms. The number of hydrogen-bond acceptors (Lipinski definition) is 1. The maximum Gasteiger partial charge on any atom is 0.434 e. The van der Waals surface area contributed by atoms with Crippen LogP contribution < -0.4 is 0 Å². The fraction of sp³-hybridized carbons (Fsp3) is 0.462. The van der Waals surface area contributed by atoms with Gasteiger partial charge in [-0.25, -0.2) is 8.60 Å². The first-order valence-corrected chi connectivity index (χ1v) is 6.88. The van der Waals surface area contributed by atoms with Gasteiger partial charge in [-0.1, -0.05) is 0 Å². The van der Waals surface area contributed by atoms with Gasteiger partial charge in [0, 0.05) is 5.56 Å². The Morgan fingerprint density at radius 3 is 2.15 bits per heavy atom. The molecule has 2 nitrogen and oxygen atoms in total. The molecule has 1 unspecified atom stereocenters. The summed E-state index contributed by atoms with van der Waals surface area (Å²) < 4.78 is 66.4. The van der Waals surface area contributed by atoms with Crippen molar-refractivity contribution in [3.63, 3.8) is 0 Å². The molecule has 0 aromatic heterocycles. The number of hydrogen-bond donors (Lipinski definition) is 0. The number of benzene rings is 1. The molecular formula is C13H15F4NOS. The molecule has 0 aliphatic heterocycles. The number of halogens is 4. The first-order chi connectivity index (χ1) is 8.93. The number of rotatable bonds is 2. The second kappa shape index (κ2) is 5.63. The van der Waals surface area contributed by atoms with Gasteiger partial charge < -0.3 is 0 Å². The normalized spacial score (nSPS) is 15.3. The van der Waals surface area contributed by atoms with Gasteiger partial charge in [-0.05, 0) is 51.5 Å². The summed E-state index contributed by atoms with van der Waals surface area (Å²) in [7, 11) is -2.05. The highest BCUT2D eigenvalue weighted by Gasteiger charge is 2.38. The molecule has 0 amide bonds. The van der Waals surface area contributed by atoms with Crippen molar-refractivity contribution in [2.45, 2.75) is 38.6 Å². The Bertz CT molecular complexity index is 558. The third-order valence-electron chi connectivity index (χ3n) is 2.40. The van der Waals surface area contributed by atoms with E-state index in [1.807, 2.05) is 0 Å². The lowest BCUT2D eigenvalue weighted by molar-refractivity contribution is -0.0578. The zero-order valence-electron chi connectivity index (χ0n) is 11.5. The van der Waals surface area contributed by atoms with Crippen LogP contribution in [0.25, 0.3) is 0 Å². The second-order valence-electron chi connectivity index (χ2n) is 5.26. The van der Waals surface area contributed by atoms with E-state index in [4.69, 9.17) is 0 Å². The van der Waals surface area contributed by atoms with Gasteiger partial charge in [0.1, 0.15) is 16.8 Å². The molecule has 0 aliphatic rings. The van der Waals surface area contributed by atoms with E-state index in [1.54, 1.807) is 0 Å². The van der Waals surface area contributed by atoms with Crippen LogP contribution in [0.5, 0.6) is 0 Å². The smallest absolute Gasteiger partial charge is 0.234 e. The van der Waals surface area contributed by atoms with Gasteiger partial charge in [-0.3, -0.25) is 0 Å². The first kappa shape index (κ1) is 16.8. The lowest BCUT2D eigenvalue weighted by Crippen LogP contribution is -2.28. The Morgan fingerprint density at radius 2 is 1.75 bits per heavy atom. The fourth-order valence-electron chi connectivity index (χ4n) is 1.28. The van der Waals surface area contributed by atoms with Crippen LogP contribution in [0.15, 0.2) is 22.6 Å². The van der Waals surface area contributed by atoms with Crippen LogP contribution in [-0.2, 0) is 11.0 Å². The third-order valence-corrected chi connectivity index (χ3v) is 3.79. The molecule has 1 aromatic rings. The minimum absolute atomic E-state index is 0.0704. The summed E-state index contributed by atoms with van der Waals surface area (Å²) in [6.07, 6.45) is -4.76. The summed E-state index contributed by atoms with van der Waals surface area (Å²) in [5.41, 5.74) is -1.48. The summed E-state index contributed by atoms with van der Waals surface area (Å²) >= 11 is 0. The lowest BCUT2D eigenvalue weighted by atomic mass is 10.1. The molecule has 0 heterocycles. The molecule has 0 N–H and O–H groups in total. The van der Waals surface area contributed by atoms with Crippen LogP contribution in [0.3, 0.4) is 0 Å². The van der Waals surface area contributed by atoms with Crippen molar-refractivity contribution in [3.05, 3.63) is 35.1 Å². The summed E-state index contributed by atoms with van der Waals surface area (Å²) in [5, 5.41) is 0. The highest BCUT2D eigenvalue weighted by Crippen LogP contribution is 2.26. The van der Waals surface area contributed by atoms with Gasteiger partial charge in [0.2, 0.25) is 0 Å². The average molecular weight is 309 g/mol. The Morgan fingerprint density at radius 1 is 1.20 bits per heavy atom. The Labute approximate surface area is 117 Å². The zero-order chi connectivity index (χ0) is 15.7. The summed E-state index contributed by atoms with van der Waals surface area (Å²) in [5.74, 6) is -0.604. The molecule has 7 heteroatoms. The lowest BCUT2D eigenvalue weighted by Gasteiger charge is -2.17. The van der Waals surface area contributed by atoms with Gasteiger partial charge in [0.25, 0.3) is 0 Å². The molecule has 20 heavy (non-hydrogen) atoms. The topological polar surface area (TPSA) is 29.4 Å². The van der Waals surface area contributed by atoms with E-state index < -0.39 is 33.4 Å². The summed E-state index contributed by atoms with van der Waals surface area (Å²) in [6, 6.07) is 2.96. The van der Waals surface area contributed by atoms with Gasteiger partial charge >= 0.3 is 6.18 Å². The maximum atomic E-state index is 13.1. The average Bonchev–Trinajstić information content (AvgIpc) is 2.26. The van der Waals surface area contributed by atoms with Crippen molar-refractivity contribution in [2.24, 2.45) is 4.40 Å². The van der Waals surface area contributed by atoms with Gasteiger partial charge in [-0.15, -0.1) is 0 Å². The molecule has 0 radical (unpaired) electrons. The van der Waals surface area contributed by atoms with Crippen molar-refractivity contribution < 1.29 is 21.8 Å². The Balaban J connectivity index is 3.38. The molecule has 112 valence electrons. The van der Waals surface area contributed by atoms with Crippen molar-refractivity contribution in [3.8, 4) is 0 Å². The van der Waals surface area contributed by atoms with Crippen LogP contribution in [0, 0.1) is 12.7 Å². The van der Waals surface area contributed by atoms with E-state index in [1.165, 1.54) is 27.7 Å². The Hall–Kier alpha value is -1.24. The summed E-state index contributed by atoms with van der Waals surface area (Å²) in [6.45, 7) is 5.93. The predicted molar refractivity (Wildman–Crippen MR) is 71.6 cm³/mol. The predicted octanol–water partition coefficient (Wildman–Crippen LogP) is 3.95.